The zero-order valence-electron chi connectivity index (χ0n) is 10.3. The Morgan fingerprint density at radius 2 is 2.33 bits per heavy atom. The van der Waals surface area contributed by atoms with Crippen LogP contribution >= 0.6 is 0 Å². The van der Waals surface area contributed by atoms with Crippen molar-refractivity contribution in [1.29, 1.82) is 0 Å². The number of anilines is 1. The third kappa shape index (κ3) is 2.36. The van der Waals surface area contributed by atoms with Crippen molar-refractivity contribution < 1.29 is 9.53 Å². The zero-order chi connectivity index (χ0) is 13.0. The van der Waals surface area contributed by atoms with Crippen LogP contribution in [0.25, 0.3) is 5.65 Å². The Morgan fingerprint density at radius 1 is 1.50 bits per heavy atom. The highest BCUT2D eigenvalue weighted by Gasteiger charge is 2.12. The molecule has 8 heteroatoms. The van der Waals surface area contributed by atoms with E-state index in [1.807, 2.05) is 11.8 Å². The van der Waals surface area contributed by atoms with Crippen LogP contribution in [0.2, 0.25) is 0 Å². The van der Waals surface area contributed by atoms with Crippen LogP contribution in [0.5, 0.6) is 0 Å². The number of fused-ring (bicyclic) bond motifs is 1. The summed E-state index contributed by atoms with van der Waals surface area (Å²) in [5, 5.41) is 11.3. The van der Waals surface area contributed by atoms with Gasteiger partial charge in [0.1, 0.15) is 0 Å². The molecule has 0 amide bonds. The number of carbonyl (C=O) groups excluding carboxylic acids is 1. The molecule has 0 N–H and O–H groups in total. The number of aromatic nitrogens is 5. The van der Waals surface area contributed by atoms with Crippen molar-refractivity contribution >= 4 is 17.4 Å². The third-order valence-electron chi connectivity index (χ3n) is 2.61. The largest absolute Gasteiger partial charge is 0.469 e. The van der Waals surface area contributed by atoms with E-state index in [2.05, 4.69) is 25.2 Å². The number of nitrogens with zero attached hydrogens (tertiary/aromatic N) is 6. The van der Waals surface area contributed by atoms with E-state index >= 15 is 0 Å². The van der Waals surface area contributed by atoms with E-state index < -0.39 is 0 Å². The van der Waals surface area contributed by atoms with Gasteiger partial charge in [-0.15, -0.1) is 5.10 Å². The van der Waals surface area contributed by atoms with E-state index in [0.29, 0.717) is 18.6 Å². The molecule has 18 heavy (non-hydrogen) atoms. The van der Waals surface area contributed by atoms with Crippen molar-refractivity contribution in [3.63, 3.8) is 0 Å². The average Bonchev–Trinajstić information content (AvgIpc) is 2.88. The van der Waals surface area contributed by atoms with Gasteiger partial charge >= 0.3 is 5.97 Å². The van der Waals surface area contributed by atoms with Crippen LogP contribution in [0.3, 0.4) is 0 Å². The number of hydrogen-bond donors (Lipinski definition) is 0. The fourth-order valence-corrected chi connectivity index (χ4v) is 1.64. The van der Waals surface area contributed by atoms with E-state index in [-0.39, 0.29) is 5.97 Å². The molecule has 0 fully saturated rings. The predicted molar refractivity (Wildman–Crippen MR) is 63.1 cm³/mol. The summed E-state index contributed by atoms with van der Waals surface area (Å²) >= 11 is 0. The Morgan fingerprint density at radius 3 is 3.06 bits per heavy atom. The normalized spacial score (nSPS) is 10.6. The monoisotopic (exact) mass is 250 g/mol. The second kappa shape index (κ2) is 5.39. The van der Waals surface area contributed by atoms with Crippen LogP contribution in [-0.4, -0.2) is 51.2 Å². The molecule has 0 bridgehead atoms. The number of rotatable bonds is 5. The van der Waals surface area contributed by atoms with Crippen LogP contribution in [0.4, 0.5) is 5.82 Å². The van der Waals surface area contributed by atoms with Gasteiger partial charge in [-0.3, -0.25) is 9.78 Å². The second-order valence-corrected chi connectivity index (χ2v) is 3.62. The minimum absolute atomic E-state index is 0.245. The first-order valence-corrected chi connectivity index (χ1v) is 5.60. The zero-order valence-corrected chi connectivity index (χ0v) is 10.3. The molecule has 0 saturated carbocycles. The molecule has 0 aliphatic heterocycles. The Balaban J connectivity index is 2.21. The van der Waals surface area contributed by atoms with E-state index in [9.17, 15) is 4.79 Å². The predicted octanol–water partition coefficient (Wildman–Crippen LogP) is -0.0913. The van der Waals surface area contributed by atoms with E-state index in [1.165, 1.54) is 7.11 Å². The quantitative estimate of drug-likeness (QED) is 0.685. The topological polar surface area (TPSA) is 85.5 Å². The lowest BCUT2D eigenvalue weighted by molar-refractivity contribution is -0.140. The maximum atomic E-state index is 11.2. The van der Waals surface area contributed by atoms with Gasteiger partial charge < -0.3 is 9.64 Å². The lowest BCUT2D eigenvalue weighted by atomic mass is 10.3. The van der Waals surface area contributed by atoms with Crippen molar-refractivity contribution in [3.05, 3.63) is 12.4 Å². The summed E-state index contributed by atoms with van der Waals surface area (Å²) in [5.41, 5.74) is 0.573. The molecule has 8 nitrogen and oxygen atoms in total. The molecule has 0 aromatic carbocycles. The smallest absolute Gasteiger partial charge is 0.307 e. The van der Waals surface area contributed by atoms with Crippen LogP contribution in [0.1, 0.15) is 13.3 Å². The minimum atomic E-state index is -0.245. The molecule has 0 radical (unpaired) electrons. The van der Waals surface area contributed by atoms with Crippen molar-refractivity contribution in [2.45, 2.75) is 13.3 Å². The first kappa shape index (κ1) is 12.2. The molecule has 2 heterocycles. The van der Waals surface area contributed by atoms with E-state index in [4.69, 9.17) is 0 Å². The van der Waals surface area contributed by atoms with Gasteiger partial charge in [-0.2, -0.15) is 4.52 Å². The second-order valence-electron chi connectivity index (χ2n) is 3.62. The van der Waals surface area contributed by atoms with Gasteiger partial charge in [-0.05, 0) is 17.4 Å². The van der Waals surface area contributed by atoms with Crippen LogP contribution in [0.15, 0.2) is 12.4 Å². The molecule has 0 spiro atoms. The van der Waals surface area contributed by atoms with E-state index in [1.54, 1.807) is 16.9 Å². The van der Waals surface area contributed by atoms with Gasteiger partial charge in [0.25, 0.3) is 0 Å². The van der Waals surface area contributed by atoms with E-state index in [0.717, 1.165) is 12.4 Å². The number of tetrazole rings is 1. The fourth-order valence-electron chi connectivity index (χ4n) is 1.64. The first-order chi connectivity index (χ1) is 8.76. The third-order valence-corrected chi connectivity index (χ3v) is 2.61. The molecule has 0 unspecified atom stereocenters. The van der Waals surface area contributed by atoms with Gasteiger partial charge in [0, 0.05) is 13.1 Å². The summed E-state index contributed by atoms with van der Waals surface area (Å²) in [7, 11) is 1.38. The maximum Gasteiger partial charge on any atom is 0.307 e. The van der Waals surface area contributed by atoms with Gasteiger partial charge in [0.15, 0.2) is 11.5 Å². The molecule has 2 rings (SSSR count). The highest BCUT2D eigenvalue weighted by atomic mass is 16.5. The standard InChI is InChI=1S/C10H14N6O2/c1-3-15(5-4-10(17)18-2)9-7-11-6-8-12-13-14-16(8)9/h6-7H,3-5H2,1-2H3. The molecule has 0 atom stereocenters. The maximum absolute atomic E-state index is 11.2. The number of hydrogen-bond acceptors (Lipinski definition) is 7. The average molecular weight is 250 g/mol. The fraction of sp³-hybridized carbons (Fsp3) is 0.500. The van der Waals surface area contributed by atoms with Crippen molar-refractivity contribution in [2.24, 2.45) is 0 Å². The van der Waals surface area contributed by atoms with Gasteiger partial charge in [-0.1, -0.05) is 0 Å². The van der Waals surface area contributed by atoms with Crippen molar-refractivity contribution in [1.82, 2.24) is 25.0 Å². The molecule has 0 aliphatic carbocycles. The molecular weight excluding hydrogens is 236 g/mol. The van der Waals surface area contributed by atoms with Crippen molar-refractivity contribution in [3.8, 4) is 0 Å². The van der Waals surface area contributed by atoms with Crippen LogP contribution in [-0.2, 0) is 9.53 Å². The Kier molecular flexibility index (Phi) is 3.66. The Labute approximate surface area is 104 Å². The van der Waals surface area contributed by atoms with Gasteiger partial charge in [-0.25, -0.2) is 0 Å². The first-order valence-electron chi connectivity index (χ1n) is 5.60. The summed E-state index contributed by atoms with van der Waals surface area (Å²) in [5.74, 6) is 0.509. The van der Waals surface area contributed by atoms with Crippen LogP contribution in [0, 0.1) is 0 Å². The molecule has 0 saturated heterocycles. The highest BCUT2D eigenvalue weighted by molar-refractivity contribution is 5.69. The van der Waals surface area contributed by atoms with Crippen LogP contribution < -0.4 is 4.90 Å². The lowest BCUT2D eigenvalue weighted by Crippen LogP contribution is -2.28. The van der Waals surface area contributed by atoms with Crippen molar-refractivity contribution in [2.75, 3.05) is 25.1 Å². The Hall–Kier alpha value is -2.25. The number of ether oxygens (including phenoxy) is 1. The number of esters is 1. The molecule has 0 aliphatic rings. The number of carbonyl (C=O) groups is 1. The summed E-state index contributed by atoms with van der Waals surface area (Å²) in [6.07, 6.45) is 3.56. The summed E-state index contributed by atoms with van der Waals surface area (Å²) in [6.45, 7) is 3.24. The lowest BCUT2D eigenvalue weighted by Gasteiger charge is -2.21. The molecule has 96 valence electrons. The Bertz CT molecular complexity index is 540. The molecule has 2 aromatic rings. The molecule has 2 aromatic heterocycles. The highest BCUT2D eigenvalue weighted by Crippen LogP contribution is 2.12. The minimum Gasteiger partial charge on any atom is -0.469 e. The summed E-state index contributed by atoms with van der Waals surface area (Å²) < 4.78 is 6.22. The number of methoxy groups -OCH3 is 1. The molecular formula is C10H14N6O2. The van der Waals surface area contributed by atoms with Gasteiger partial charge in [0.05, 0.1) is 25.9 Å². The summed E-state index contributed by atoms with van der Waals surface area (Å²) in [6, 6.07) is 0. The SMILES string of the molecule is CCN(CCC(=O)OC)c1cncc2nnnn12. The summed E-state index contributed by atoms with van der Waals surface area (Å²) in [4.78, 5) is 17.2. The van der Waals surface area contributed by atoms with Gasteiger partial charge in [0.2, 0.25) is 0 Å².